The van der Waals surface area contributed by atoms with Crippen molar-refractivity contribution in [3.63, 3.8) is 0 Å². The largest absolute Gasteiger partial charge is 0.497 e. The second kappa shape index (κ2) is 9.18. The van der Waals surface area contributed by atoms with Crippen molar-refractivity contribution in [1.82, 2.24) is 9.21 Å². The van der Waals surface area contributed by atoms with Gasteiger partial charge in [0.25, 0.3) is 0 Å². The lowest BCUT2D eigenvalue weighted by atomic mass is 9.96. The number of amides is 1. The van der Waals surface area contributed by atoms with Gasteiger partial charge in [0.05, 0.1) is 12.0 Å². The van der Waals surface area contributed by atoms with E-state index in [1.54, 1.807) is 25.1 Å². The Labute approximate surface area is 179 Å². The quantitative estimate of drug-likeness (QED) is 0.705. The lowest BCUT2D eigenvalue weighted by molar-refractivity contribution is -0.135. The van der Waals surface area contributed by atoms with Crippen LogP contribution < -0.4 is 4.74 Å². The SMILES string of the molecule is COc1ccc(CN(C)C(=O)C2CCN(S(=O)(=O)c3ccc(C)cc3C)CC2)cc1. The third-order valence-corrected chi connectivity index (χ3v) is 7.77. The van der Waals surface area contributed by atoms with Gasteiger partial charge in [-0.2, -0.15) is 4.31 Å². The van der Waals surface area contributed by atoms with E-state index in [4.69, 9.17) is 4.74 Å². The van der Waals surface area contributed by atoms with Gasteiger partial charge in [0, 0.05) is 32.6 Å². The number of ether oxygens (including phenoxy) is 1. The predicted octanol–water partition coefficient (Wildman–Crippen LogP) is 3.37. The number of hydrogen-bond acceptors (Lipinski definition) is 4. The van der Waals surface area contributed by atoms with Gasteiger partial charge in [0.1, 0.15) is 5.75 Å². The molecule has 2 aromatic rings. The first kappa shape index (κ1) is 22.3. The van der Waals surface area contributed by atoms with Crippen LogP contribution in [0.5, 0.6) is 5.75 Å². The first-order chi connectivity index (χ1) is 14.2. The van der Waals surface area contributed by atoms with Crippen LogP contribution >= 0.6 is 0 Å². The molecule has 0 saturated carbocycles. The van der Waals surface area contributed by atoms with Gasteiger partial charge in [0.2, 0.25) is 15.9 Å². The molecule has 0 spiro atoms. The Hall–Kier alpha value is -2.38. The molecule has 0 aromatic heterocycles. The number of benzene rings is 2. The van der Waals surface area contributed by atoms with Gasteiger partial charge < -0.3 is 9.64 Å². The summed E-state index contributed by atoms with van der Waals surface area (Å²) in [7, 11) is -0.118. The molecule has 6 nitrogen and oxygen atoms in total. The maximum absolute atomic E-state index is 13.0. The number of methoxy groups -OCH3 is 1. The number of hydrogen-bond donors (Lipinski definition) is 0. The normalized spacial score (nSPS) is 15.7. The molecule has 1 heterocycles. The van der Waals surface area contributed by atoms with Crippen LogP contribution in [0.15, 0.2) is 47.4 Å². The van der Waals surface area contributed by atoms with E-state index in [1.807, 2.05) is 50.2 Å². The van der Waals surface area contributed by atoms with E-state index in [0.29, 0.717) is 37.4 Å². The van der Waals surface area contributed by atoms with Crippen LogP contribution in [0.3, 0.4) is 0 Å². The molecule has 1 saturated heterocycles. The van der Waals surface area contributed by atoms with E-state index in [1.165, 1.54) is 4.31 Å². The summed E-state index contributed by atoms with van der Waals surface area (Å²) in [5.74, 6) is 0.693. The van der Waals surface area contributed by atoms with Gasteiger partial charge in [-0.05, 0) is 56.0 Å². The second-order valence-electron chi connectivity index (χ2n) is 7.99. The Balaban J connectivity index is 1.60. The zero-order valence-corrected chi connectivity index (χ0v) is 18.9. The topological polar surface area (TPSA) is 66.9 Å². The van der Waals surface area contributed by atoms with Crippen molar-refractivity contribution in [3.8, 4) is 5.75 Å². The van der Waals surface area contributed by atoms with Crippen molar-refractivity contribution in [1.29, 1.82) is 0 Å². The molecule has 7 heteroatoms. The number of carbonyl (C=O) groups is 1. The van der Waals surface area contributed by atoms with Gasteiger partial charge >= 0.3 is 0 Å². The summed E-state index contributed by atoms with van der Waals surface area (Å²) in [6.07, 6.45) is 1.08. The van der Waals surface area contributed by atoms with Crippen molar-refractivity contribution in [2.75, 3.05) is 27.2 Å². The van der Waals surface area contributed by atoms with Crippen LogP contribution in [0.1, 0.15) is 29.5 Å². The minimum atomic E-state index is -3.54. The third kappa shape index (κ3) is 4.84. The standard InChI is InChI=1S/C23H30N2O4S/c1-17-5-10-22(18(2)15-17)30(27,28)25-13-11-20(12-14-25)23(26)24(3)16-19-6-8-21(29-4)9-7-19/h5-10,15,20H,11-14,16H2,1-4H3. The summed E-state index contributed by atoms with van der Waals surface area (Å²) in [6, 6.07) is 13.0. The summed E-state index contributed by atoms with van der Waals surface area (Å²) >= 11 is 0. The highest BCUT2D eigenvalue weighted by atomic mass is 32.2. The van der Waals surface area contributed by atoms with E-state index in [-0.39, 0.29) is 11.8 Å². The van der Waals surface area contributed by atoms with Crippen LogP contribution in [-0.4, -0.2) is 50.8 Å². The van der Waals surface area contributed by atoms with Crippen molar-refractivity contribution < 1.29 is 17.9 Å². The Bertz CT molecular complexity index is 994. The number of nitrogens with zero attached hydrogens (tertiary/aromatic N) is 2. The molecule has 1 amide bonds. The molecule has 0 atom stereocenters. The lowest BCUT2D eigenvalue weighted by Gasteiger charge is -2.33. The Morgan fingerprint density at radius 2 is 1.73 bits per heavy atom. The van der Waals surface area contributed by atoms with Gasteiger partial charge in [-0.1, -0.05) is 29.8 Å². The van der Waals surface area contributed by atoms with Crippen LogP contribution in [-0.2, 0) is 21.4 Å². The van der Waals surface area contributed by atoms with Gasteiger partial charge in [-0.3, -0.25) is 4.79 Å². The van der Waals surface area contributed by atoms with Gasteiger partial charge in [0.15, 0.2) is 0 Å². The molecule has 2 aromatic carbocycles. The molecule has 0 N–H and O–H groups in total. The van der Waals surface area contributed by atoms with Crippen molar-refractivity contribution in [2.45, 2.75) is 38.1 Å². The number of rotatable bonds is 6. The molecule has 1 fully saturated rings. The lowest BCUT2D eigenvalue weighted by Crippen LogP contribution is -2.43. The Kier molecular flexibility index (Phi) is 6.83. The molecule has 1 aliphatic rings. The molecular formula is C23H30N2O4S. The minimum Gasteiger partial charge on any atom is -0.497 e. The van der Waals surface area contributed by atoms with Gasteiger partial charge in [-0.15, -0.1) is 0 Å². The third-order valence-electron chi connectivity index (χ3n) is 5.71. The summed E-state index contributed by atoms with van der Waals surface area (Å²) in [5, 5.41) is 0. The fraction of sp³-hybridized carbons (Fsp3) is 0.435. The van der Waals surface area contributed by atoms with Crippen molar-refractivity contribution >= 4 is 15.9 Å². The molecular weight excluding hydrogens is 400 g/mol. The zero-order valence-electron chi connectivity index (χ0n) is 18.1. The fourth-order valence-electron chi connectivity index (χ4n) is 3.97. The average molecular weight is 431 g/mol. The minimum absolute atomic E-state index is 0.0642. The maximum atomic E-state index is 13.0. The van der Waals surface area contributed by atoms with E-state index >= 15 is 0 Å². The molecule has 0 aliphatic carbocycles. The van der Waals surface area contributed by atoms with Crippen LogP contribution in [0.25, 0.3) is 0 Å². The van der Waals surface area contributed by atoms with Crippen molar-refractivity contribution in [2.24, 2.45) is 5.92 Å². The number of sulfonamides is 1. The molecule has 0 bridgehead atoms. The van der Waals surface area contributed by atoms with Crippen LogP contribution in [0, 0.1) is 19.8 Å². The molecule has 1 aliphatic heterocycles. The molecule has 3 rings (SSSR count). The summed E-state index contributed by atoms with van der Waals surface area (Å²) < 4.78 is 32.8. The van der Waals surface area contributed by atoms with E-state index < -0.39 is 10.0 Å². The number of carbonyl (C=O) groups excluding carboxylic acids is 1. The van der Waals surface area contributed by atoms with Gasteiger partial charge in [-0.25, -0.2) is 8.42 Å². The second-order valence-corrected chi connectivity index (χ2v) is 9.90. The Morgan fingerprint density at radius 3 is 2.30 bits per heavy atom. The summed E-state index contributed by atoms with van der Waals surface area (Å²) in [6.45, 7) is 5.02. The maximum Gasteiger partial charge on any atom is 0.243 e. The predicted molar refractivity (Wildman–Crippen MR) is 117 cm³/mol. The van der Waals surface area contributed by atoms with E-state index in [0.717, 1.165) is 22.4 Å². The van der Waals surface area contributed by atoms with Crippen LogP contribution in [0.2, 0.25) is 0 Å². The highest BCUT2D eigenvalue weighted by molar-refractivity contribution is 7.89. The molecule has 162 valence electrons. The number of piperidine rings is 1. The molecule has 30 heavy (non-hydrogen) atoms. The Morgan fingerprint density at radius 1 is 1.10 bits per heavy atom. The summed E-state index contributed by atoms with van der Waals surface area (Å²) in [4.78, 5) is 15.0. The average Bonchev–Trinajstić information content (AvgIpc) is 2.73. The first-order valence-corrected chi connectivity index (χ1v) is 11.6. The molecule has 0 radical (unpaired) electrons. The van der Waals surface area contributed by atoms with E-state index in [9.17, 15) is 13.2 Å². The van der Waals surface area contributed by atoms with Crippen molar-refractivity contribution in [3.05, 3.63) is 59.2 Å². The molecule has 0 unspecified atom stereocenters. The highest BCUT2D eigenvalue weighted by Gasteiger charge is 2.33. The van der Waals surface area contributed by atoms with Crippen LogP contribution in [0.4, 0.5) is 0 Å². The highest BCUT2D eigenvalue weighted by Crippen LogP contribution is 2.27. The van der Waals surface area contributed by atoms with E-state index in [2.05, 4.69) is 0 Å². The number of aryl methyl sites for hydroxylation is 2. The smallest absolute Gasteiger partial charge is 0.243 e. The first-order valence-electron chi connectivity index (χ1n) is 10.2. The fourth-order valence-corrected chi connectivity index (χ4v) is 5.64. The summed E-state index contributed by atoms with van der Waals surface area (Å²) in [5.41, 5.74) is 2.82. The monoisotopic (exact) mass is 430 g/mol. The zero-order chi connectivity index (χ0) is 21.9.